The van der Waals surface area contributed by atoms with E-state index in [0.29, 0.717) is 0 Å². The first-order chi connectivity index (χ1) is 13.2. The number of rotatable bonds is 8. The van der Waals surface area contributed by atoms with E-state index in [0.717, 1.165) is 18.3 Å². The second-order valence-electron chi connectivity index (χ2n) is 5.67. The van der Waals surface area contributed by atoms with Crippen LogP contribution in [0.1, 0.15) is 42.1 Å². The van der Waals surface area contributed by atoms with Gasteiger partial charge in [0, 0.05) is 0 Å². The number of ether oxygens (including phenoxy) is 1. The largest absolute Gasteiger partial charge is 0.507 e. The number of phenolic OH excluding ortho intramolecular Hbond substituents is 1. The van der Waals surface area contributed by atoms with Crippen LogP contribution >= 0.6 is 0 Å². The molecule has 2 aromatic carbocycles. The molecule has 2 aromatic rings. The molecule has 4 heteroatoms. The van der Waals surface area contributed by atoms with Crippen molar-refractivity contribution in [1.29, 1.82) is 0 Å². The summed E-state index contributed by atoms with van der Waals surface area (Å²) in [5.74, 6) is -0.586. The van der Waals surface area contributed by atoms with E-state index in [1.54, 1.807) is 18.2 Å². The third-order valence-corrected chi connectivity index (χ3v) is 3.50. The van der Waals surface area contributed by atoms with Gasteiger partial charge in [0.05, 0.1) is 0 Å². The van der Waals surface area contributed by atoms with Crippen molar-refractivity contribution < 1.29 is 19.4 Å². The van der Waals surface area contributed by atoms with Crippen molar-refractivity contribution in [2.45, 2.75) is 32.8 Å². The highest BCUT2D eigenvalue weighted by Gasteiger charge is 2.11. The zero-order valence-corrected chi connectivity index (χ0v) is 15.6. The normalized spacial score (nSPS) is 10.4. The van der Waals surface area contributed by atoms with Crippen molar-refractivity contribution >= 4 is 12.3 Å². The molecule has 0 fully saturated rings. The highest BCUT2D eigenvalue weighted by molar-refractivity contribution is 5.92. The molecule has 0 radical (unpaired) electrons. The fraction of sp³-hybridized carbons (Fsp3) is 0.217. The number of hydrogen-bond acceptors (Lipinski definition) is 4. The molecule has 0 atom stereocenters. The Balaban J connectivity index is 0.000000314. The molecule has 0 heterocycles. The highest BCUT2D eigenvalue weighted by Crippen LogP contribution is 2.17. The van der Waals surface area contributed by atoms with Gasteiger partial charge in [-0.25, -0.2) is 4.79 Å². The van der Waals surface area contributed by atoms with Gasteiger partial charge in [0.25, 0.3) is 0 Å². The van der Waals surface area contributed by atoms with E-state index in [1.165, 1.54) is 31.1 Å². The number of aromatic hydroxyl groups is 1. The molecule has 0 aromatic heterocycles. The number of para-hydroxylation sites is 1. The van der Waals surface area contributed by atoms with Crippen LogP contribution < -0.4 is 0 Å². The maximum absolute atomic E-state index is 11.7. The van der Waals surface area contributed by atoms with E-state index in [4.69, 9.17) is 4.74 Å². The van der Waals surface area contributed by atoms with Gasteiger partial charge in [0.2, 0.25) is 0 Å². The van der Waals surface area contributed by atoms with Crippen LogP contribution in [0.3, 0.4) is 0 Å². The molecule has 0 saturated heterocycles. The Morgan fingerprint density at radius 3 is 2.37 bits per heavy atom. The molecule has 1 N–H and O–H groups in total. The molecule has 0 aliphatic carbocycles. The van der Waals surface area contributed by atoms with Gasteiger partial charge < -0.3 is 9.84 Å². The standard InChI is InChI=1S/C14H12O3.C9H14O/c15-13-9-5-4-8-12(13)14(16)17-10-11-6-2-1-3-7-11;1-2-3-4-5-6-7-8-9-10/h1-9,15H,10H2;5-9H,2-4H2,1H3. The van der Waals surface area contributed by atoms with Crippen molar-refractivity contribution in [2.24, 2.45) is 0 Å². The maximum atomic E-state index is 11.7. The first-order valence-corrected chi connectivity index (χ1v) is 8.95. The Labute approximate surface area is 160 Å². The van der Waals surface area contributed by atoms with Gasteiger partial charge in [-0.15, -0.1) is 0 Å². The number of esters is 1. The molecule has 0 unspecified atom stereocenters. The Hall–Kier alpha value is -3.14. The fourth-order valence-corrected chi connectivity index (χ4v) is 2.05. The second-order valence-corrected chi connectivity index (χ2v) is 5.67. The second kappa shape index (κ2) is 14.1. The number of benzene rings is 2. The number of aldehydes is 1. The molecule has 0 spiro atoms. The van der Waals surface area contributed by atoms with Crippen LogP contribution in [0, 0.1) is 0 Å². The smallest absolute Gasteiger partial charge is 0.342 e. The van der Waals surface area contributed by atoms with E-state index in [2.05, 4.69) is 13.0 Å². The predicted molar refractivity (Wildman–Crippen MR) is 108 cm³/mol. The van der Waals surface area contributed by atoms with Crippen molar-refractivity contribution in [1.82, 2.24) is 0 Å². The van der Waals surface area contributed by atoms with Crippen LogP contribution in [-0.2, 0) is 16.1 Å². The summed E-state index contributed by atoms with van der Waals surface area (Å²) in [5.41, 5.74) is 1.10. The van der Waals surface area contributed by atoms with Gasteiger partial charge in [0.15, 0.2) is 0 Å². The maximum Gasteiger partial charge on any atom is 0.342 e. The summed E-state index contributed by atoms with van der Waals surface area (Å²) in [6.45, 7) is 2.36. The lowest BCUT2D eigenvalue weighted by Crippen LogP contribution is -2.05. The van der Waals surface area contributed by atoms with Gasteiger partial charge in [-0.3, -0.25) is 4.79 Å². The summed E-state index contributed by atoms with van der Waals surface area (Å²) in [7, 11) is 0. The Morgan fingerprint density at radius 1 is 1.00 bits per heavy atom. The minimum absolute atomic E-state index is 0.0643. The minimum atomic E-state index is -0.521. The summed E-state index contributed by atoms with van der Waals surface area (Å²) in [5, 5.41) is 9.48. The Bertz CT molecular complexity index is 733. The molecule has 0 aliphatic rings. The molecule has 2 rings (SSSR count). The van der Waals surface area contributed by atoms with E-state index in [9.17, 15) is 14.7 Å². The summed E-state index contributed by atoms with van der Waals surface area (Å²) >= 11 is 0. The van der Waals surface area contributed by atoms with E-state index in [1.807, 2.05) is 36.4 Å². The monoisotopic (exact) mass is 366 g/mol. The quantitative estimate of drug-likeness (QED) is 0.228. The minimum Gasteiger partial charge on any atom is -0.507 e. The topological polar surface area (TPSA) is 63.6 Å². The number of allylic oxidation sites excluding steroid dienone is 4. The molecule has 142 valence electrons. The van der Waals surface area contributed by atoms with Crippen LogP contribution in [0.5, 0.6) is 5.75 Å². The van der Waals surface area contributed by atoms with Crippen molar-refractivity contribution in [3.8, 4) is 5.75 Å². The first-order valence-electron chi connectivity index (χ1n) is 8.95. The number of carbonyl (C=O) groups is 2. The van der Waals surface area contributed by atoms with Crippen LogP contribution in [-0.4, -0.2) is 17.4 Å². The third-order valence-electron chi connectivity index (χ3n) is 3.50. The van der Waals surface area contributed by atoms with Gasteiger partial charge in [0.1, 0.15) is 24.2 Å². The zero-order chi connectivity index (χ0) is 19.7. The van der Waals surface area contributed by atoms with Crippen LogP contribution in [0.25, 0.3) is 0 Å². The zero-order valence-electron chi connectivity index (χ0n) is 15.6. The van der Waals surface area contributed by atoms with E-state index < -0.39 is 5.97 Å². The molecule has 0 saturated carbocycles. The molecule has 27 heavy (non-hydrogen) atoms. The molecule has 0 bridgehead atoms. The Kier molecular flexibility index (Phi) is 11.4. The van der Waals surface area contributed by atoms with Crippen LogP contribution in [0.2, 0.25) is 0 Å². The number of unbranched alkanes of at least 4 members (excludes halogenated alkanes) is 2. The van der Waals surface area contributed by atoms with Crippen molar-refractivity contribution in [2.75, 3.05) is 0 Å². The summed E-state index contributed by atoms with van der Waals surface area (Å²) in [6, 6.07) is 15.7. The average Bonchev–Trinajstić information content (AvgIpc) is 2.70. The van der Waals surface area contributed by atoms with Crippen molar-refractivity contribution in [3.05, 3.63) is 90.0 Å². The van der Waals surface area contributed by atoms with Crippen molar-refractivity contribution in [3.63, 3.8) is 0 Å². The van der Waals surface area contributed by atoms with Crippen LogP contribution in [0.15, 0.2) is 78.9 Å². The number of phenols is 1. The number of carbonyl (C=O) groups excluding carboxylic acids is 2. The molecule has 4 nitrogen and oxygen atoms in total. The lowest BCUT2D eigenvalue weighted by Gasteiger charge is -2.05. The number of hydrogen-bond donors (Lipinski definition) is 1. The SMILES string of the molecule is CCCCC=CC=CC=O.O=C(OCc1ccccc1)c1ccccc1O. The molecular weight excluding hydrogens is 340 g/mol. The van der Waals surface area contributed by atoms with E-state index in [-0.39, 0.29) is 17.9 Å². The lowest BCUT2D eigenvalue weighted by molar-refractivity contribution is -0.104. The third kappa shape index (κ3) is 9.80. The van der Waals surface area contributed by atoms with Gasteiger partial charge in [-0.2, -0.15) is 0 Å². The molecule has 0 amide bonds. The highest BCUT2D eigenvalue weighted by atomic mass is 16.5. The first kappa shape index (κ1) is 21.9. The van der Waals surface area contributed by atoms with Gasteiger partial charge in [-0.05, 0) is 30.2 Å². The predicted octanol–water partition coefficient (Wildman–Crippen LogP) is 5.24. The molecule has 0 aliphatic heterocycles. The van der Waals surface area contributed by atoms with Crippen LogP contribution in [0.4, 0.5) is 0 Å². The van der Waals surface area contributed by atoms with E-state index >= 15 is 0 Å². The van der Waals surface area contributed by atoms with Gasteiger partial charge >= 0.3 is 5.97 Å². The van der Waals surface area contributed by atoms with Gasteiger partial charge in [-0.1, -0.05) is 80.5 Å². The average molecular weight is 366 g/mol. The fourth-order valence-electron chi connectivity index (χ4n) is 2.05. The summed E-state index contributed by atoms with van der Waals surface area (Å²) < 4.78 is 5.10. The molecular formula is C23H26O4. The summed E-state index contributed by atoms with van der Waals surface area (Å²) in [6.07, 6.45) is 11.6. The lowest BCUT2D eigenvalue weighted by atomic mass is 10.2. The summed E-state index contributed by atoms with van der Waals surface area (Å²) in [4.78, 5) is 21.4. The Morgan fingerprint density at radius 2 is 1.70 bits per heavy atom.